The summed E-state index contributed by atoms with van der Waals surface area (Å²) in [6.07, 6.45) is 1.60. The summed E-state index contributed by atoms with van der Waals surface area (Å²) in [6.45, 7) is 4.70. The number of methoxy groups -OCH3 is 2. The minimum absolute atomic E-state index is 0.0200. The number of carbonyl (C=O) groups is 1. The van der Waals surface area contributed by atoms with Crippen LogP contribution in [-0.4, -0.2) is 31.6 Å². The number of fused-ring (bicyclic) bond motifs is 1. The van der Waals surface area contributed by atoms with Gasteiger partial charge in [-0.05, 0) is 53.8 Å². The Balaban J connectivity index is 2.16. The van der Waals surface area contributed by atoms with Crippen LogP contribution in [0.3, 0.4) is 0 Å². The Labute approximate surface area is 166 Å². The number of hydrogen-bond acceptors (Lipinski definition) is 3. The van der Waals surface area contributed by atoms with E-state index in [9.17, 15) is 4.79 Å². The highest BCUT2D eigenvalue weighted by molar-refractivity contribution is 6.30. The molecular formula is C22H26ClNO3. The number of rotatable bonds is 5. The van der Waals surface area contributed by atoms with Crippen molar-refractivity contribution in [2.75, 3.05) is 20.8 Å². The highest BCUT2D eigenvalue weighted by Gasteiger charge is 2.34. The molecule has 1 aliphatic rings. The van der Waals surface area contributed by atoms with Gasteiger partial charge in [0.25, 0.3) is 0 Å². The Morgan fingerprint density at radius 2 is 1.93 bits per heavy atom. The Morgan fingerprint density at radius 1 is 1.22 bits per heavy atom. The second-order valence-electron chi connectivity index (χ2n) is 6.95. The number of amides is 1. The molecule has 0 N–H and O–H groups in total. The maximum Gasteiger partial charge on any atom is 0.226 e. The van der Waals surface area contributed by atoms with E-state index in [4.69, 9.17) is 21.1 Å². The van der Waals surface area contributed by atoms with Crippen molar-refractivity contribution in [3.63, 3.8) is 0 Å². The zero-order valence-corrected chi connectivity index (χ0v) is 17.0. The van der Waals surface area contributed by atoms with Crippen LogP contribution in [0, 0.1) is 5.92 Å². The lowest BCUT2D eigenvalue weighted by atomic mass is 9.86. The first-order valence-corrected chi connectivity index (χ1v) is 9.68. The van der Waals surface area contributed by atoms with Crippen LogP contribution >= 0.6 is 11.6 Å². The third-order valence-electron chi connectivity index (χ3n) is 5.36. The summed E-state index contributed by atoms with van der Waals surface area (Å²) >= 11 is 6.27. The highest BCUT2D eigenvalue weighted by atomic mass is 35.5. The zero-order chi connectivity index (χ0) is 19.6. The summed E-state index contributed by atoms with van der Waals surface area (Å²) in [4.78, 5) is 15.1. The summed E-state index contributed by atoms with van der Waals surface area (Å²) in [5.41, 5.74) is 3.25. The smallest absolute Gasteiger partial charge is 0.226 e. The summed E-state index contributed by atoms with van der Waals surface area (Å²) in [7, 11) is 3.27. The molecular weight excluding hydrogens is 362 g/mol. The van der Waals surface area contributed by atoms with Crippen molar-refractivity contribution in [2.45, 2.75) is 32.7 Å². The van der Waals surface area contributed by atoms with E-state index in [1.165, 1.54) is 5.56 Å². The molecule has 1 aliphatic heterocycles. The normalized spacial score (nSPS) is 17.2. The van der Waals surface area contributed by atoms with Crippen LogP contribution in [0.1, 0.15) is 43.0 Å². The largest absolute Gasteiger partial charge is 0.493 e. The van der Waals surface area contributed by atoms with Crippen molar-refractivity contribution >= 4 is 17.5 Å². The average molecular weight is 388 g/mol. The van der Waals surface area contributed by atoms with E-state index in [1.54, 1.807) is 14.2 Å². The molecule has 1 amide bonds. The maximum absolute atomic E-state index is 13.1. The van der Waals surface area contributed by atoms with Crippen LogP contribution in [0.5, 0.6) is 11.5 Å². The van der Waals surface area contributed by atoms with Crippen molar-refractivity contribution in [1.29, 1.82) is 0 Å². The van der Waals surface area contributed by atoms with Crippen LogP contribution < -0.4 is 9.47 Å². The first-order valence-electron chi connectivity index (χ1n) is 9.30. The Morgan fingerprint density at radius 3 is 2.56 bits per heavy atom. The van der Waals surface area contributed by atoms with Crippen molar-refractivity contribution in [2.24, 2.45) is 5.92 Å². The molecule has 0 saturated carbocycles. The van der Waals surface area contributed by atoms with E-state index in [0.29, 0.717) is 23.1 Å². The molecule has 144 valence electrons. The van der Waals surface area contributed by atoms with Gasteiger partial charge in [-0.2, -0.15) is 0 Å². The van der Waals surface area contributed by atoms with Crippen molar-refractivity contribution < 1.29 is 14.3 Å². The summed E-state index contributed by atoms with van der Waals surface area (Å²) in [5.74, 6) is 1.53. The molecule has 5 heteroatoms. The Kier molecular flexibility index (Phi) is 5.95. The lowest BCUT2D eigenvalue weighted by molar-refractivity contribution is -0.137. The van der Waals surface area contributed by atoms with E-state index in [0.717, 1.165) is 24.0 Å². The molecule has 0 radical (unpaired) electrons. The van der Waals surface area contributed by atoms with E-state index < -0.39 is 0 Å². The highest BCUT2D eigenvalue weighted by Crippen LogP contribution is 2.42. The molecule has 0 aliphatic carbocycles. The second kappa shape index (κ2) is 8.22. The van der Waals surface area contributed by atoms with E-state index in [2.05, 4.69) is 0 Å². The fourth-order valence-electron chi connectivity index (χ4n) is 3.68. The van der Waals surface area contributed by atoms with Gasteiger partial charge in [0.1, 0.15) is 0 Å². The number of nitrogens with zero attached hydrogens (tertiary/aromatic N) is 1. The van der Waals surface area contributed by atoms with Gasteiger partial charge in [0.2, 0.25) is 5.91 Å². The number of carbonyl (C=O) groups excluding carboxylic acids is 1. The van der Waals surface area contributed by atoms with Gasteiger partial charge in [-0.1, -0.05) is 37.6 Å². The molecule has 0 spiro atoms. The standard InChI is InChI=1S/C22H26ClNO3/c1-5-14(2)22(25)24-10-9-15-12-19(26-3)20(27-4)13-18(15)21(24)16-7-6-8-17(23)11-16/h6-8,11-14,21H,5,9-10H2,1-4H3/t14-,21-/m1/s1. The van der Waals surface area contributed by atoms with Crippen LogP contribution in [0.25, 0.3) is 0 Å². The van der Waals surface area contributed by atoms with Crippen molar-refractivity contribution in [3.8, 4) is 11.5 Å². The van der Waals surface area contributed by atoms with Gasteiger partial charge in [0.15, 0.2) is 11.5 Å². The zero-order valence-electron chi connectivity index (χ0n) is 16.3. The van der Waals surface area contributed by atoms with Gasteiger partial charge < -0.3 is 14.4 Å². The predicted octanol–water partition coefficient (Wildman–Crippen LogP) is 4.88. The van der Waals surface area contributed by atoms with Gasteiger partial charge in [-0.3, -0.25) is 4.79 Å². The van der Waals surface area contributed by atoms with Gasteiger partial charge in [0, 0.05) is 17.5 Å². The lowest BCUT2D eigenvalue weighted by Gasteiger charge is -2.39. The minimum atomic E-state index is -0.186. The van der Waals surface area contributed by atoms with Gasteiger partial charge in [0.05, 0.1) is 20.3 Å². The van der Waals surface area contributed by atoms with E-state index in [1.807, 2.05) is 55.1 Å². The van der Waals surface area contributed by atoms with E-state index in [-0.39, 0.29) is 17.9 Å². The molecule has 0 fully saturated rings. The maximum atomic E-state index is 13.1. The molecule has 2 atom stereocenters. The Bertz CT molecular complexity index is 836. The average Bonchev–Trinajstić information content (AvgIpc) is 2.70. The molecule has 1 heterocycles. The molecule has 27 heavy (non-hydrogen) atoms. The fourth-order valence-corrected chi connectivity index (χ4v) is 3.88. The first-order chi connectivity index (χ1) is 13.0. The number of hydrogen-bond donors (Lipinski definition) is 0. The molecule has 0 unspecified atom stereocenters. The first kappa shape index (κ1) is 19.6. The molecule has 0 saturated heterocycles. The third kappa shape index (κ3) is 3.77. The lowest BCUT2D eigenvalue weighted by Crippen LogP contribution is -2.43. The molecule has 3 rings (SSSR count). The molecule has 0 bridgehead atoms. The third-order valence-corrected chi connectivity index (χ3v) is 5.59. The van der Waals surface area contributed by atoms with Crippen molar-refractivity contribution in [1.82, 2.24) is 4.90 Å². The minimum Gasteiger partial charge on any atom is -0.493 e. The summed E-state index contributed by atoms with van der Waals surface area (Å²) in [6, 6.07) is 11.6. The molecule has 2 aromatic carbocycles. The van der Waals surface area contributed by atoms with Crippen LogP contribution in [0.2, 0.25) is 5.02 Å². The van der Waals surface area contributed by atoms with Crippen molar-refractivity contribution in [3.05, 3.63) is 58.1 Å². The number of ether oxygens (including phenoxy) is 2. The number of halogens is 1. The second-order valence-corrected chi connectivity index (χ2v) is 7.39. The van der Waals surface area contributed by atoms with Crippen LogP contribution in [-0.2, 0) is 11.2 Å². The van der Waals surface area contributed by atoms with Gasteiger partial charge in [-0.25, -0.2) is 0 Å². The SMILES string of the molecule is CC[C@@H](C)C(=O)N1CCc2cc(OC)c(OC)cc2[C@H]1c1cccc(Cl)c1. The fraction of sp³-hybridized carbons (Fsp3) is 0.409. The van der Waals surface area contributed by atoms with Gasteiger partial charge >= 0.3 is 0 Å². The molecule has 4 nitrogen and oxygen atoms in total. The monoisotopic (exact) mass is 387 g/mol. The molecule has 0 aromatic heterocycles. The van der Waals surface area contributed by atoms with Crippen LogP contribution in [0.4, 0.5) is 0 Å². The Hall–Kier alpha value is -2.20. The number of benzene rings is 2. The van der Waals surface area contributed by atoms with Crippen LogP contribution in [0.15, 0.2) is 36.4 Å². The molecule has 2 aromatic rings. The van der Waals surface area contributed by atoms with E-state index >= 15 is 0 Å². The summed E-state index contributed by atoms with van der Waals surface area (Å²) in [5, 5.41) is 0.663. The van der Waals surface area contributed by atoms with Gasteiger partial charge in [-0.15, -0.1) is 0 Å². The predicted molar refractivity (Wildman–Crippen MR) is 108 cm³/mol. The topological polar surface area (TPSA) is 38.8 Å². The summed E-state index contributed by atoms with van der Waals surface area (Å²) < 4.78 is 11.0. The quantitative estimate of drug-likeness (QED) is 0.734.